The van der Waals surface area contributed by atoms with Gasteiger partial charge in [0, 0.05) is 35.4 Å². The Morgan fingerprint density at radius 1 is 1.21 bits per heavy atom. The first-order valence-electron chi connectivity index (χ1n) is 9.47. The summed E-state index contributed by atoms with van der Waals surface area (Å²) in [5.74, 6) is 0.233. The van der Waals surface area contributed by atoms with Crippen LogP contribution in [0.15, 0.2) is 29.2 Å². The second-order valence-corrected chi connectivity index (χ2v) is 8.78. The van der Waals surface area contributed by atoms with Crippen LogP contribution < -0.4 is 15.2 Å². The number of hydrogen-bond donors (Lipinski definition) is 2. The first-order valence-corrected chi connectivity index (χ1v) is 10.9. The smallest absolute Gasteiger partial charge is 0.411 e. The summed E-state index contributed by atoms with van der Waals surface area (Å²) in [6, 6.07) is 6.58. The van der Waals surface area contributed by atoms with Crippen LogP contribution in [0, 0.1) is 0 Å². The molecule has 29 heavy (non-hydrogen) atoms. The lowest BCUT2D eigenvalue weighted by molar-refractivity contribution is 0.209. The maximum Gasteiger partial charge on any atom is 0.411 e. The van der Waals surface area contributed by atoms with Gasteiger partial charge >= 0.3 is 6.09 Å². The van der Waals surface area contributed by atoms with Crippen LogP contribution in [0.4, 0.5) is 4.79 Å². The van der Waals surface area contributed by atoms with Gasteiger partial charge < -0.3 is 20.2 Å². The number of fused-ring (bicyclic) bond motifs is 3. The molecule has 1 aromatic carbocycles. The number of amides is 1. The van der Waals surface area contributed by atoms with E-state index in [4.69, 9.17) is 15.2 Å². The zero-order valence-corrected chi connectivity index (χ0v) is 16.8. The Balaban J connectivity index is 1.88. The van der Waals surface area contributed by atoms with Crippen LogP contribution in [0.1, 0.15) is 26.2 Å². The van der Waals surface area contributed by atoms with Crippen LogP contribution in [-0.2, 0) is 10.0 Å². The number of primary amides is 1. The van der Waals surface area contributed by atoms with Crippen molar-refractivity contribution >= 4 is 37.9 Å². The van der Waals surface area contributed by atoms with Crippen molar-refractivity contribution in [3.63, 3.8) is 0 Å². The SMILES string of the molecule is CCOc1cc2c([nH]c3ccc(S(=O)(=O)N4CCCCC4)cc32)c(OC(N)=O)n1. The number of nitrogens with zero attached hydrogens (tertiary/aromatic N) is 2. The molecule has 0 atom stereocenters. The molecule has 0 aliphatic carbocycles. The molecule has 3 N–H and O–H groups in total. The van der Waals surface area contributed by atoms with Gasteiger partial charge in [-0.15, -0.1) is 0 Å². The minimum absolute atomic E-state index is 0.0184. The summed E-state index contributed by atoms with van der Waals surface area (Å²) in [6.45, 7) is 3.23. The lowest BCUT2D eigenvalue weighted by atomic mass is 10.2. The van der Waals surface area contributed by atoms with Gasteiger partial charge in [0.05, 0.1) is 11.5 Å². The Morgan fingerprint density at radius 3 is 2.66 bits per heavy atom. The molecule has 3 heterocycles. The van der Waals surface area contributed by atoms with Gasteiger partial charge in [-0.2, -0.15) is 9.29 Å². The first kappa shape index (κ1) is 19.5. The summed E-state index contributed by atoms with van der Waals surface area (Å²) < 4.78 is 38.1. The molecule has 9 nitrogen and oxygen atoms in total. The van der Waals surface area contributed by atoms with Crippen molar-refractivity contribution in [1.29, 1.82) is 0 Å². The molecule has 2 aromatic heterocycles. The summed E-state index contributed by atoms with van der Waals surface area (Å²) in [5.41, 5.74) is 6.28. The highest BCUT2D eigenvalue weighted by molar-refractivity contribution is 7.89. The van der Waals surface area contributed by atoms with Gasteiger partial charge in [-0.3, -0.25) is 0 Å². The van der Waals surface area contributed by atoms with Crippen molar-refractivity contribution in [3.05, 3.63) is 24.3 Å². The molecule has 1 fully saturated rings. The molecule has 0 saturated carbocycles. The molecular weight excluding hydrogens is 396 g/mol. The van der Waals surface area contributed by atoms with E-state index in [2.05, 4.69) is 9.97 Å². The van der Waals surface area contributed by atoms with Crippen molar-refractivity contribution < 1.29 is 22.7 Å². The minimum Gasteiger partial charge on any atom is -0.478 e. The Morgan fingerprint density at radius 2 is 1.97 bits per heavy atom. The number of benzene rings is 1. The second kappa shape index (κ2) is 7.53. The number of sulfonamides is 1. The van der Waals surface area contributed by atoms with E-state index < -0.39 is 16.1 Å². The van der Waals surface area contributed by atoms with Crippen molar-refractivity contribution in [2.45, 2.75) is 31.1 Å². The third-order valence-electron chi connectivity index (χ3n) is 4.95. The van der Waals surface area contributed by atoms with Crippen LogP contribution in [0.25, 0.3) is 21.8 Å². The number of aromatic nitrogens is 2. The van der Waals surface area contributed by atoms with Crippen LogP contribution in [-0.4, -0.2) is 48.5 Å². The zero-order chi connectivity index (χ0) is 20.6. The molecule has 0 unspecified atom stereocenters. The number of ether oxygens (including phenoxy) is 2. The maximum atomic E-state index is 13.1. The summed E-state index contributed by atoms with van der Waals surface area (Å²) >= 11 is 0. The predicted molar refractivity (Wildman–Crippen MR) is 108 cm³/mol. The Hall–Kier alpha value is -2.85. The average Bonchev–Trinajstić information content (AvgIpc) is 3.07. The van der Waals surface area contributed by atoms with Crippen LogP contribution in [0.2, 0.25) is 0 Å². The number of aromatic amines is 1. The van der Waals surface area contributed by atoms with Crippen molar-refractivity contribution in [1.82, 2.24) is 14.3 Å². The molecule has 10 heteroatoms. The Kier molecular flexibility index (Phi) is 5.05. The predicted octanol–water partition coefficient (Wildman–Crippen LogP) is 2.75. The first-order chi connectivity index (χ1) is 13.9. The van der Waals surface area contributed by atoms with E-state index in [-0.39, 0.29) is 16.7 Å². The number of hydrogen-bond acceptors (Lipinski definition) is 6. The van der Waals surface area contributed by atoms with Gasteiger partial charge in [-0.1, -0.05) is 6.42 Å². The van der Waals surface area contributed by atoms with Gasteiger partial charge in [-0.05, 0) is 38.0 Å². The number of piperidine rings is 1. The largest absolute Gasteiger partial charge is 0.478 e. The molecule has 0 spiro atoms. The molecule has 0 radical (unpaired) electrons. The van der Waals surface area contributed by atoms with Gasteiger partial charge in [0.15, 0.2) is 0 Å². The molecule has 0 bridgehead atoms. The fraction of sp³-hybridized carbons (Fsp3) is 0.368. The molecule has 154 valence electrons. The normalized spacial score (nSPS) is 15.6. The zero-order valence-electron chi connectivity index (χ0n) is 16.0. The van der Waals surface area contributed by atoms with E-state index in [1.807, 2.05) is 0 Å². The van der Waals surface area contributed by atoms with Gasteiger partial charge in [0.2, 0.25) is 15.9 Å². The minimum atomic E-state index is -3.58. The molecule has 1 amide bonds. The lowest BCUT2D eigenvalue weighted by Crippen LogP contribution is -2.35. The van der Waals surface area contributed by atoms with Gasteiger partial charge in [0.1, 0.15) is 5.52 Å². The summed E-state index contributed by atoms with van der Waals surface area (Å²) in [4.78, 5) is 18.8. The van der Waals surface area contributed by atoms with Crippen LogP contribution in [0.3, 0.4) is 0 Å². The highest BCUT2D eigenvalue weighted by Gasteiger charge is 2.26. The van der Waals surface area contributed by atoms with Crippen molar-refractivity contribution in [3.8, 4) is 11.8 Å². The number of rotatable bonds is 5. The third-order valence-corrected chi connectivity index (χ3v) is 6.84. The summed E-state index contributed by atoms with van der Waals surface area (Å²) in [5, 5.41) is 1.29. The van der Waals surface area contributed by atoms with Crippen molar-refractivity contribution in [2.24, 2.45) is 5.73 Å². The fourth-order valence-electron chi connectivity index (χ4n) is 3.63. The van der Waals surface area contributed by atoms with Gasteiger partial charge in [0.25, 0.3) is 5.88 Å². The summed E-state index contributed by atoms with van der Waals surface area (Å²) in [7, 11) is -3.58. The number of H-pyrrole nitrogens is 1. The quantitative estimate of drug-likeness (QED) is 0.656. The topological polar surface area (TPSA) is 128 Å². The number of pyridine rings is 1. The lowest BCUT2D eigenvalue weighted by Gasteiger charge is -2.25. The number of carbonyl (C=O) groups is 1. The van der Waals surface area contributed by atoms with E-state index in [1.165, 1.54) is 4.31 Å². The Bertz CT molecular complexity index is 1180. The molecule has 1 saturated heterocycles. The van der Waals surface area contributed by atoms with Crippen LogP contribution in [0.5, 0.6) is 11.8 Å². The third kappa shape index (κ3) is 3.60. The monoisotopic (exact) mass is 418 g/mol. The van der Waals surface area contributed by atoms with E-state index >= 15 is 0 Å². The van der Waals surface area contributed by atoms with E-state index in [0.29, 0.717) is 41.5 Å². The van der Waals surface area contributed by atoms with E-state index in [0.717, 1.165) is 19.3 Å². The maximum absolute atomic E-state index is 13.1. The fourth-order valence-corrected chi connectivity index (χ4v) is 5.17. The average molecular weight is 418 g/mol. The highest BCUT2D eigenvalue weighted by Crippen LogP contribution is 2.35. The number of nitrogens with two attached hydrogens (primary N) is 1. The summed E-state index contributed by atoms with van der Waals surface area (Å²) in [6.07, 6.45) is 1.78. The second-order valence-electron chi connectivity index (χ2n) is 6.84. The number of nitrogens with one attached hydrogen (secondary N) is 1. The molecule has 1 aliphatic rings. The standard InChI is InChI=1S/C19H22N4O5S/c1-2-27-16-11-14-13-10-12(29(25,26)23-8-4-3-5-9-23)6-7-15(13)21-17(14)18(22-16)28-19(20)24/h6-7,10-11,21H,2-5,8-9H2,1H3,(H2,20,24). The molecular formula is C19H22N4O5S. The van der Waals surface area contributed by atoms with Crippen LogP contribution >= 0.6 is 0 Å². The van der Waals surface area contributed by atoms with Crippen molar-refractivity contribution in [2.75, 3.05) is 19.7 Å². The molecule has 4 rings (SSSR count). The van der Waals surface area contributed by atoms with Gasteiger partial charge in [-0.25, -0.2) is 13.2 Å². The number of carbonyl (C=O) groups excluding carboxylic acids is 1. The molecule has 3 aromatic rings. The van der Waals surface area contributed by atoms with E-state index in [1.54, 1.807) is 31.2 Å². The molecule has 1 aliphatic heterocycles. The Labute approximate surface area is 167 Å². The van der Waals surface area contributed by atoms with E-state index in [9.17, 15) is 13.2 Å². The highest BCUT2D eigenvalue weighted by atomic mass is 32.2.